The van der Waals surface area contributed by atoms with Gasteiger partial charge in [0.25, 0.3) is 0 Å². The summed E-state index contributed by atoms with van der Waals surface area (Å²) in [6.07, 6.45) is 10.5. The van der Waals surface area contributed by atoms with E-state index in [1.54, 1.807) is 12.4 Å². The molecule has 1 saturated heterocycles. The number of aliphatic hydroxyl groups excluding tert-OH is 1. The first kappa shape index (κ1) is 17.4. The Balaban J connectivity index is 1.40. The van der Waals surface area contributed by atoms with Crippen molar-refractivity contribution in [2.75, 3.05) is 26.2 Å². The van der Waals surface area contributed by atoms with E-state index < -0.39 is 0 Å². The molecule has 3 rings (SSSR count). The standard InChI is InChI=1S/C19H29N3O2/c23-18-13-22(12-17(18)10-15-6-8-20-9-7-15)14-19(24)21-11-16-4-2-1-3-5-16/h6-9,16-18,23H,1-5,10-14H2,(H,21,24)/t17-,18-/m1/s1. The number of aromatic nitrogens is 1. The van der Waals surface area contributed by atoms with Crippen LogP contribution in [-0.2, 0) is 11.2 Å². The van der Waals surface area contributed by atoms with Crippen molar-refractivity contribution in [3.63, 3.8) is 0 Å². The fourth-order valence-electron chi connectivity index (χ4n) is 4.00. The molecule has 1 amide bonds. The molecule has 0 aromatic carbocycles. The van der Waals surface area contributed by atoms with E-state index in [1.165, 1.54) is 37.7 Å². The van der Waals surface area contributed by atoms with Gasteiger partial charge in [0.1, 0.15) is 0 Å². The Hall–Kier alpha value is -1.46. The van der Waals surface area contributed by atoms with Crippen molar-refractivity contribution in [2.45, 2.75) is 44.6 Å². The number of aliphatic hydroxyl groups is 1. The monoisotopic (exact) mass is 331 g/mol. The summed E-state index contributed by atoms with van der Waals surface area (Å²) in [7, 11) is 0. The zero-order valence-electron chi connectivity index (χ0n) is 14.4. The molecule has 2 atom stereocenters. The molecule has 1 aromatic rings. The van der Waals surface area contributed by atoms with Gasteiger partial charge in [-0.2, -0.15) is 0 Å². The van der Waals surface area contributed by atoms with Crippen molar-refractivity contribution in [1.29, 1.82) is 0 Å². The van der Waals surface area contributed by atoms with Crippen LogP contribution in [0.4, 0.5) is 0 Å². The maximum absolute atomic E-state index is 12.2. The number of likely N-dealkylation sites (tertiary alicyclic amines) is 1. The highest BCUT2D eigenvalue weighted by atomic mass is 16.3. The second kappa shape index (κ2) is 8.58. The molecule has 132 valence electrons. The van der Waals surface area contributed by atoms with Gasteiger partial charge in [0.15, 0.2) is 0 Å². The molecule has 1 aliphatic carbocycles. The van der Waals surface area contributed by atoms with E-state index in [4.69, 9.17) is 0 Å². The molecule has 0 spiro atoms. The Labute approximate surface area is 144 Å². The molecular weight excluding hydrogens is 302 g/mol. The van der Waals surface area contributed by atoms with Gasteiger partial charge in [0, 0.05) is 37.9 Å². The quantitative estimate of drug-likeness (QED) is 0.831. The lowest BCUT2D eigenvalue weighted by molar-refractivity contribution is -0.122. The average Bonchev–Trinajstić information content (AvgIpc) is 2.94. The van der Waals surface area contributed by atoms with E-state index in [2.05, 4.69) is 15.2 Å². The average molecular weight is 331 g/mol. The van der Waals surface area contributed by atoms with Gasteiger partial charge in [-0.05, 0) is 42.9 Å². The minimum atomic E-state index is -0.357. The Morgan fingerprint density at radius 3 is 2.71 bits per heavy atom. The molecule has 5 nitrogen and oxygen atoms in total. The topological polar surface area (TPSA) is 65.5 Å². The first-order valence-electron chi connectivity index (χ1n) is 9.26. The lowest BCUT2D eigenvalue weighted by Crippen LogP contribution is -2.38. The number of pyridine rings is 1. The van der Waals surface area contributed by atoms with Gasteiger partial charge in [-0.15, -0.1) is 0 Å². The molecule has 24 heavy (non-hydrogen) atoms. The fourth-order valence-corrected chi connectivity index (χ4v) is 4.00. The van der Waals surface area contributed by atoms with Crippen molar-refractivity contribution in [2.24, 2.45) is 11.8 Å². The summed E-state index contributed by atoms with van der Waals surface area (Å²) in [5.74, 6) is 0.946. The highest BCUT2D eigenvalue weighted by molar-refractivity contribution is 5.78. The molecule has 1 aliphatic heterocycles. The minimum Gasteiger partial charge on any atom is -0.391 e. The van der Waals surface area contributed by atoms with E-state index in [1.807, 2.05) is 12.1 Å². The van der Waals surface area contributed by atoms with Crippen LogP contribution in [0.1, 0.15) is 37.7 Å². The molecular formula is C19H29N3O2. The Morgan fingerprint density at radius 1 is 1.21 bits per heavy atom. The van der Waals surface area contributed by atoms with Crippen molar-refractivity contribution in [3.8, 4) is 0 Å². The van der Waals surface area contributed by atoms with Crippen LogP contribution in [0, 0.1) is 11.8 Å². The number of nitrogens with one attached hydrogen (secondary N) is 1. The van der Waals surface area contributed by atoms with Gasteiger partial charge < -0.3 is 10.4 Å². The van der Waals surface area contributed by atoms with Crippen molar-refractivity contribution >= 4 is 5.91 Å². The third-order valence-corrected chi connectivity index (χ3v) is 5.41. The summed E-state index contributed by atoms with van der Waals surface area (Å²) < 4.78 is 0. The number of β-amino-alcohol motifs (C(OH)–C–C–N with tert-alkyl or cyclic N) is 1. The normalized spacial score (nSPS) is 25.7. The number of carbonyl (C=O) groups is 1. The molecule has 5 heteroatoms. The second-order valence-corrected chi connectivity index (χ2v) is 7.39. The highest BCUT2D eigenvalue weighted by Crippen LogP contribution is 2.23. The molecule has 0 radical (unpaired) electrons. The van der Waals surface area contributed by atoms with Crippen LogP contribution in [0.5, 0.6) is 0 Å². The summed E-state index contributed by atoms with van der Waals surface area (Å²) in [6.45, 7) is 2.58. The third kappa shape index (κ3) is 5.02. The lowest BCUT2D eigenvalue weighted by Gasteiger charge is -2.22. The zero-order valence-corrected chi connectivity index (χ0v) is 14.4. The van der Waals surface area contributed by atoms with E-state index >= 15 is 0 Å². The van der Waals surface area contributed by atoms with Crippen LogP contribution < -0.4 is 5.32 Å². The molecule has 0 unspecified atom stereocenters. The molecule has 2 heterocycles. The van der Waals surface area contributed by atoms with E-state index in [9.17, 15) is 9.90 Å². The SMILES string of the molecule is O=C(CN1C[C@@H](Cc2ccncc2)[C@H](O)C1)NCC1CCCCC1. The van der Waals surface area contributed by atoms with Gasteiger partial charge in [0.2, 0.25) is 5.91 Å². The van der Waals surface area contributed by atoms with Gasteiger partial charge in [-0.3, -0.25) is 14.7 Å². The second-order valence-electron chi connectivity index (χ2n) is 7.39. The van der Waals surface area contributed by atoms with Crippen LogP contribution in [0.2, 0.25) is 0 Å². The predicted octanol–water partition coefficient (Wildman–Crippen LogP) is 1.61. The smallest absolute Gasteiger partial charge is 0.234 e. The van der Waals surface area contributed by atoms with Gasteiger partial charge in [0.05, 0.1) is 12.6 Å². The minimum absolute atomic E-state index is 0.0948. The third-order valence-electron chi connectivity index (χ3n) is 5.41. The first-order chi connectivity index (χ1) is 11.7. The molecule has 2 fully saturated rings. The summed E-state index contributed by atoms with van der Waals surface area (Å²) in [6, 6.07) is 3.98. The predicted molar refractivity (Wildman–Crippen MR) is 93.5 cm³/mol. The van der Waals surface area contributed by atoms with Crippen LogP contribution in [0.15, 0.2) is 24.5 Å². The molecule has 1 aromatic heterocycles. The number of nitrogens with zero attached hydrogens (tertiary/aromatic N) is 2. The maximum Gasteiger partial charge on any atom is 0.234 e. The Morgan fingerprint density at radius 2 is 1.96 bits per heavy atom. The van der Waals surface area contributed by atoms with Crippen LogP contribution in [0.25, 0.3) is 0 Å². The number of hydrogen-bond donors (Lipinski definition) is 2. The van der Waals surface area contributed by atoms with Gasteiger partial charge in [-0.1, -0.05) is 19.3 Å². The fraction of sp³-hybridized carbons (Fsp3) is 0.684. The van der Waals surface area contributed by atoms with Gasteiger partial charge in [-0.25, -0.2) is 0 Å². The van der Waals surface area contributed by atoms with E-state index in [0.717, 1.165) is 19.5 Å². The molecule has 1 saturated carbocycles. The van der Waals surface area contributed by atoms with Crippen molar-refractivity contribution < 1.29 is 9.90 Å². The molecule has 0 bridgehead atoms. The van der Waals surface area contributed by atoms with Crippen LogP contribution in [0.3, 0.4) is 0 Å². The maximum atomic E-state index is 12.2. The van der Waals surface area contributed by atoms with Crippen molar-refractivity contribution in [1.82, 2.24) is 15.2 Å². The number of hydrogen-bond acceptors (Lipinski definition) is 4. The van der Waals surface area contributed by atoms with Crippen molar-refractivity contribution in [3.05, 3.63) is 30.1 Å². The number of amides is 1. The Kier molecular flexibility index (Phi) is 6.21. The van der Waals surface area contributed by atoms with E-state index in [0.29, 0.717) is 19.0 Å². The summed E-state index contributed by atoms with van der Waals surface area (Å²) >= 11 is 0. The summed E-state index contributed by atoms with van der Waals surface area (Å²) in [5, 5.41) is 13.4. The highest BCUT2D eigenvalue weighted by Gasteiger charge is 2.32. The largest absolute Gasteiger partial charge is 0.391 e. The zero-order chi connectivity index (χ0) is 16.8. The molecule has 2 N–H and O–H groups in total. The van der Waals surface area contributed by atoms with Crippen LogP contribution >= 0.6 is 0 Å². The van der Waals surface area contributed by atoms with E-state index in [-0.39, 0.29) is 17.9 Å². The summed E-state index contributed by atoms with van der Waals surface area (Å²) in [5.41, 5.74) is 1.19. The Bertz CT molecular complexity index is 517. The lowest BCUT2D eigenvalue weighted by atomic mass is 9.89. The van der Waals surface area contributed by atoms with Gasteiger partial charge >= 0.3 is 0 Å². The molecule has 2 aliphatic rings. The van der Waals surface area contributed by atoms with Crippen LogP contribution in [-0.4, -0.2) is 53.2 Å². The number of rotatable bonds is 6. The number of carbonyl (C=O) groups excluding carboxylic acids is 1. The summed E-state index contributed by atoms with van der Waals surface area (Å²) in [4.78, 5) is 18.3. The first-order valence-corrected chi connectivity index (χ1v) is 9.26.